The van der Waals surface area contributed by atoms with E-state index in [2.05, 4.69) is 0 Å². The number of rotatable bonds is 5. The quantitative estimate of drug-likeness (QED) is 0.735. The van der Waals surface area contributed by atoms with Gasteiger partial charge in [-0.15, -0.1) is 0 Å². The summed E-state index contributed by atoms with van der Waals surface area (Å²) in [6.07, 6.45) is 3.75. The number of ether oxygens (including phenoxy) is 1. The highest BCUT2D eigenvalue weighted by molar-refractivity contribution is 7.80. The number of carbonyl (C=O) groups is 1. The van der Waals surface area contributed by atoms with E-state index in [1.165, 1.54) is 0 Å². The van der Waals surface area contributed by atoms with Crippen molar-refractivity contribution < 1.29 is 9.53 Å². The molecule has 1 fully saturated rings. The standard InChI is InChI=1S/C11H20N2O2S/c1-8(11(12)16)13(2)10(14)6-5-9-4-3-7-15-9/h8-9H,3-7H2,1-2H3,(H2,12,16). The fraction of sp³-hybridized carbons (Fsp3) is 0.818. The summed E-state index contributed by atoms with van der Waals surface area (Å²) in [6, 6.07) is -0.174. The van der Waals surface area contributed by atoms with E-state index >= 15 is 0 Å². The van der Waals surface area contributed by atoms with Gasteiger partial charge in [0.2, 0.25) is 5.91 Å². The van der Waals surface area contributed by atoms with Crippen LogP contribution in [0, 0.1) is 0 Å². The fourth-order valence-corrected chi connectivity index (χ4v) is 1.90. The Morgan fingerprint density at radius 2 is 2.38 bits per heavy atom. The highest BCUT2D eigenvalue weighted by Crippen LogP contribution is 2.17. The zero-order valence-corrected chi connectivity index (χ0v) is 10.8. The average Bonchev–Trinajstić information content (AvgIpc) is 2.76. The molecule has 1 rings (SSSR count). The summed E-state index contributed by atoms with van der Waals surface area (Å²) in [5.74, 6) is 0.0794. The van der Waals surface area contributed by atoms with Gasteiger partial charge in [0.25, 0.3) is 0 Å². The Bertz CT molecular complexity index is 265. The third kappa shape index (κ3) is 3.72. The molecule has 0 spiro atoms. The number of nitrogens with zero attached hydrogens (tertiary/aromatic N) is 1. The largest absolute Gasteiger partial charge is 0.392 e. The first kappa shape index (κ1) is 13.4. The molecule has 1 aliphatic heterocycles. The topological polar surface area (TPSA) is 55.6 Å². The summed E-state index contributed by atoms with van der Waals surface area (Å²) < 4.78 is 5.47. The fourth-order valence-electron chi connectivity index (χ4n) is 1.74. The van der Waals surface area contributed by atoms with E-state index in [4.69, 9.17) is 22.7 Å². The van der Waals surface area contributed by atoms with Crippen LogP contribution in [0.3, 0.4) is 0 Å². The van der Waals surface area contributed by atoms with Gasteiger partial charge >= 0.3 is 0 Å². The van der Waals surface area contributed by atoms with Crippen molar-refractivity contribution in [1.82, 2.24) is 4.90 Å². The normalized spacial score (nSPS) is 21.8. The lowest BCUT2D eigenvalue weighted by Gasteiger charge is -2.24. The number of thiocarbonyl (C=S) groups is 1. The third-order valence-corrected chi connectivity index (χ3v) is 3.43. The first-order chi connectivity index (χ1) is 7.52. The Labute approximate surface area is 102 Å². The van der Waals surface area contributed by atoms with E-state index in [-0.39, 0.29) is 18.1 Å². The second kappa shape index (κ2) is 6.15. The molecule has 1 saturated heterocycles. The minimum Gasteiger partial charge on any atom is -0.392 e. The highest BCUT2D eigenvalue weighted by Gasteiger charge is 2.21. The van der Waals surface area contributed by atoms with Crippen LogP contribution in [-0.2, 0) is 9.53 Å². The van der Waals surface area contributed by atoms with Crippen LogP contribution in [0.2, 0.25) is 0 Å². The van der Waals surface area contributed by atoms with Gasteiger partial charge < -0.3 is 15.4 Å². The Morgan fingerprint density at radius 3 is 2.88 bits per heavy atom. The Kier molecular flexibility index (Phi) is 5.15. The number of nitrogens with two attached hydrogens (primary N) is 1. The molecular formula is C11H20N2O2S. The van der Waals surface area contributed by atoms with Crippen molar-refractivity contribution in [3.8, 4) is 0 Å². The van der Waals surface area contributed by atoms with Crippen LogP contribution in [0.15, 0.2) is 0 Å². The number of amides is 1. The van der Waals surface area contributed by atoms with Gasteiger partial charge in [0, 0.05) is 20.1 Å². The van der Waals surface area contributed by atoms with Crippen molar-refractivity contribution in [2.45, 2.75) is 44.8 Å². The van der Waals surface area contributed by atoms with Gasteiger partial charge in [-0.3, -0.25) is 4.79 Å². The van der Waals surface area contributed by atoms with Gasteiger partial charge in [0.05, 0.1) is 17.1 Å². The van der Waals surface area contributed by atoms with Gasteiger partial charge in [-0.25, -0.2) is 0 Å². The molecule has 16 heavy (non-hydrogen) atoms. The Hall–Kier alpha value is -0.680. The van der Waals surface area contributed by atoms with Crippen molar-refractivity contribution in [3.05, 3.63) is 0 Å². The summed E-state index contributed by atoms with van der Waals surface area (Å²) in [6.45, 7) is 2.67. The van der Waals surface area contributed by atoms with Gasteiger partial charge in [-0.05, 0) is 26.2 Å². The van der Waals surface area contributed by atoms with Crippen LogP contribution >= 0.6 is 12.2 Å². The van der Waals surface area contributed by atoms with Gasteiger partial charge in [0.15, 0.2) is 0 Å². The lowest BCUT2D eigenvalue weighted by atomic mass is 10.1. The average molecular weight is 244 g/mol. The number of hydrogen-bond donors (Lipinski definition) is 1. The Balaban J connectivity index is 2.30. The van der Waals surface area contributed by atoms with Crippen molar-refractivity contribution in [2.24, 2.45) is 5.73 Å². The molecule has 1 heterocycles. The Morgan fingerprint density at radius 1 is 1.69 bits per heavy atom. The van der Waals surface area contributed by atoms with E-state index in [1.54, 1.807) is 11.9 Å². The van der Waals surface area contributed by atoms with E-state index in [0.717, 1.165) is 25.9 Å². The van der Waals surface area contributed by atoms with Crippen LogP contribution in [0.1, 0.15) is 32.6 Å². The predicted molar refractivity (Wildman–Crippen MR) is 67.2 cm³/mol. The van der Waals surface area contributed by atoms with Gasteiger partial charge in [-0.1, -0.05) is 12.2 Å². The zero-order chi connectivity index (χ0) is 12.1. The zero-order valence-electron chi connectivity index (χ0n) is 9.94. The molecule has 2 atom stereocenters. The molecule has 5 heteroatoms. The monoisotopic (exact) mass is 244 g/mol. The minimum absolute atomic E-state index is 0.0794. The molecule has 0 bridgehead atoms. The van der Waals surface area contributed by atoms with Crippen LogP contribution in [0.4, 0.5) is 0 Å². The first-order valence-electron chi connectivity index (χ1n) is 5.69. The second-order valence-corrected chi connectivity index (χ2v) is 4.73. The predicted octanol–water partition coefficient (Wildman–Crippen LogP) is 1.08. The molecule has 1 amide bonds. The number of hydrogen-bond acceptors (Lipinski definition) is 3. The second-order valence-electron chi connectivity index (χ2n) is 4.26. The summed E-state index contributed by atoms with van der Waals surface area (Å²) >= 11 is 4.86. The number of likely N-dealkylation sites (N-methyl/N-ethyl adjacent to an activating group) is 1. The van der Waals surface area contributed by atoms with Gasteiger partial charge in [-0.2, -0.15) is 0 Å². The van der Waals surface area contributed by atoms with E-state index in [0.29, 0.717) is 11.4 Å². The summed E-state index contributed by atoms with van der Waals surface area (Å²) in [5, 5.41) is 0. The summed E-state index contributed by atoms with van der Waals surface area (Å²) in [4.78, 5) is 13.8. The van der Waals surface area contributed by atoms with E-state index in [9.17, 15) is 4.79 Å². The molecule has 0 aromatic rings. The molecule has 2 unspecified atom stereocenters. The first-order valence-corrected chi connectivity index (χ1v) is 6.09. The molecule has 0 saturated carbocycles. The molecule has 0 aromatic heterocycles. The van der Waals surface area contributed by atoms with Crippen molar-refractivity contribution in [1.29, 1.82) is 0 Å². The molecule has 0 radical (unpaired) electrons. The van der Waals surface area contributed by atoms with Crippen molar-refractivity contribution in [2.75, 3.05) is 13.7 Å². The van der Waals surface area contributed by atoms with Gasteiger partial charge in [0.1, 0.15) is 0 Å². The smallest absolute Gasteiger partial charge is 0.222 e. The SMILES string of the molecule is CC(C(N)=S)N(C)C(=O)CCC1CCCO1. The molecule has 0 aromatic carbocycles. The molecule has 92 valence electrons. The minimum atomic E-state index is -0.174. The highest BCUT2D eigenvalue weighted by atomic mass is 32.1. The van der Waals surface area contributed by atoms with Crippen molar-refractivity contribution in [3.63, 3.8) is 0 Å². The van der Waals surface area contributed by atoms with Crippen molar-refractivity contribution >= 4 is 23.1 Å². The maximum atomic E-state index is 11.8. The molecule has 4 nitrogen and oxygen atoms in total. The lowest BCUT2D eigenvalue weighted by Crippen LogP contribution is -2.42. The van der Waals surface area contributed by atoms with Crippen LogP contribution in [0.5, 0.6) is 0 Å². The molecule has 2 N–H and O–H groups in total. The maximum Gasteiger partial charge on any atom is 0.222 e. The van der Waals surface area contributed by atoms with Crippen LogP contribution < -0.4 is 5.73 Å². The van der Waals surface area contributed by atoms with Crippen LogP contribution in [0.25, 0.3) is 0 Å². The molecule has 0 aliphatic carbocycles. The van der Waals surface area contributed by atoms with E-state index in [1.807, 2.05) is 6.92 Å². The summed E-state index contributed by atoms with van der Waals surface area (Å²) in [5.41, 5.74) is 5.51. The lowest BCUT2D eigenvalue weighted by molar-refractivity contribution is -0.131. The van der Waals surface area contributed by atoms with Crippen LogP contribution in [-0.4, -0.2) is 41.6 Å². The number of carbonyl (C=O) groups excluding carboxylic acids is 1. The molecule has 1 aliphatic rings. The maximum absolute atomic E-state index is 11.8. The third-order valence-electron chi connectivity index (χ3n) is 3.09. The summed E-state index contributed by atoms with van der Waals surface area (Å²) in [7, 11) is 1.74. The van der Waals surface area contributed by atoms with E-state index < -0.39 is 0 Å². The molecular weight excluding hydrogens is 224 g/mol.